The molecule has 4 heteroatoms. The van der Waals surface area contributed by atoms with E-state index in [9.17, 15) is 4.79 Å². The fraction of sp³-hybridized carbons (Fsp3) is 0.625. The lowest BCUT2D eigenvalue weighted by molar-refractivity contribution is 0.0890. The zero-order valence-corrected chi connectivity index (χ0v) is 12.9. The summed E-state index contributed by atoms with van der Waals surface area (Å²) in [5.41, 5.74) is 7.43. The second-order valence-corrected chi connectivity index (χ2v) is 7.26. The minimum atomic E-state index is -0.121. The van der Waals surface area contributed by atoms with Crippen LogP contribution in [0.15, 0.2) is 12.1 Å². The number of carbonyl (C=O) groups is 1. The molecule has 0 unspecified atom stereocenters. The largest absolute Gasteiger partial charge is 0.384 e. The first-order chi connectivity index (χ1) is 9.20. The maximum absolute atomic E-state index is 12.3. The first-order valence-electron chi connectivity index (χ1n) is 7.26. The summed E-state index contributed by atoms with van der Waals surface area (Å²) in [4.78, 5) is 16.6. The van der Waals surface area contributed by atoms with E-state index in [1.807, 2.05) is 6.07 Å². The Morgan fingerprint density at radius 1 is 1.40 bits per heavy atom. The summed E-state index contributed by atoms with van der Waals surface area (Å²) < 4.78 is 0. The number of nitrogens with two attached hydrogens (primary N) is 1. The average molecular weight is 275 g/mol. The summed E-state index contributed by atoms with van der Waals surface area (Å²) in [5, 5.41) is 3.03. The topological polar surface area (TPSA) is 68.0 Å². The summed E-state index contributed by atoms with van der Waals surface area (Å²) >= 11 is 0. The summed E-state index contributed by atoms with van der Waals surface area (Å²) in [6.45, 7) is 9.14. The molecule has 1 heterocycles. The van der Waals surface area contributed by atoms with Gasteiger partial charge in [-0.2, -0.15) is 0 Å². The number of hydrogen-bond donors (Lipinski definition) is 2. The first-order valence-corrected chi connectivity index (χ1v) is 7.26. The van der Waals surface area contributed by atoms with E-state index in [2.05, 4.69) is 38.0 Å². The van der Waals surface area contributed by atoms with Crippen LogP contribution in [0, 0.1) is 5.41 Å². The Labute approximate surface area is 121 Å². The molecule has 0 aliphatic heterocycles. The summed E-state index contributed by atoms with van der Waals surface area (Å²) in [6.07, 6.45) is 3.65. The monoisotopic (exact) mass is 275 g/mol. The molecule has 3 N–H and O–H groups in total. The fourth-order valence-corrected chi connectivity index (χ4v) is 2.42. The first kappa shape index (κ1) is 14.8. The second kappa shape index (κ2) is 5.08. The van der Waals surface area contributed by atoms with Gasteiger partial charge in [0.05, 0.1) is 0 Å². The molecular formula is C16H25N3O. The molecule has 20 heavy (non-hydrogen) atoms. The lowest BCUT2D eigenvalue weighted by atomic mass is 9.70. The van der Waals surface area contributed by atoms with Gasteiger partial charge in [0.15, 0.2) is 0 Å². The summed E-state index contributed by atoms with van der Waals surface area (Å²) in [5.74, 6) is 0.343. The Hall–Kier alpha value is -1.58. The van der Waals surface area contributed by atoms with E-state index in [0.717, 1.165) is 12.2 Å². The molecule has 110 valence electrons. The highest BCUT2D eigenvalue weighted by Gasteiger charge is 2.32. The lowest BCUT2D eigenvalue weighted by Gasteiger charge is -2.38. The minimum Gasteiger partial charge on any atom is -0.384 e. The van der Waals surface area contributed by atoms with E-state index >= 15 is 0 Å². The quantitative estimate of drug-likeness (QED) is 0.891. The van der Waals surface area contributed by atoms with Gasteiger partial charge in [0.2, 0.25) is 0 Å². The Bertz CT molecular complexity index is 513. The zero-order chi connectivity index (χ0) is 15.0. The van der Waals surface area contributed by atoms with Gasteiger partial charge in [-0.1, -0.05) is 34.1 Å². The normalized spacial score (nSPS) is 17.4. The van der Waals surface area contributed by atoms with E-state index in [0.29, 0.717) is 11.4 Å². The highest BCUT2D eigenvalue weighted by molar-refractivity contribution is 5.95. The number of carbonyl (C=O) groups excluding carboxylic acids is 1. The molecule has 4 nitrogen and oxygen atoms in total. The van der Waals surface area contributed by atoms with Crippen molar-refractivity contribution in [3.05, 3.63) is 23.4 Å². The molecule has 0 radical (unpaired) electrons. The highest BCUT2D eigenvalue weighted by atomic mass is 16.1. The van der Waals surface area contributed by atoms with Crippen LogP contribution < -0.4 is 11.1 Å². The van der Waals surface area contributed by atoms with Crippen LogP contribution in [0.25, 0.3) is 0 Å². The molecule has 2 rings (SSSR count). The number of nitrogens with one attached hydrogen (secondary N) is 1. The van der Waals surface area contributed by atoms with Crippen LogP contribution in [-0.4, -0.2) is 17.4 Å². The average Bonchev–Trinajstić information content (AvgIpc) is 2.31. The van der Waals surface area contributed by atoms with Crippen LogP contribution in [0.3, 0.4) is 0 Å². The molecule has 1 aliphatic rings. The highest BCUT2D eigenvalue weighted by Crippen LogP contribution is 2.39. The predicted molar refractivity (Wildman–Crippen MR) is 81.6 cm³/mol. The number of pyridine rings is 1. The van der Waals surface area contributed by atoms with Crippen molar-refractivity contribution in [3.8, 4) is 0 Å². The van der Waals surface area contributed by atoms with Gasteiger partial charge in [-0.05, 0) is 30.4 Å². The van der Waals surface area contributed by atoms with Crippen LogP contribution >= 0.6 is 0 Å². The number of anilines is 1. The summed E-state index contributed by atoms with van der Waals surface area (Å²) in [7, 11) is 0. The standard InChI is InChI=1S/C16H25N3O/c1-15(2,3)12-8-11(9-13(17)19-12)14(20)18-10-16(4)6-5-7-16/h8-9H,5-7,10H2,1-4H3,(H2,17,19)(H,18,20). The van der Waals surface area contributed by atoms with Gasteiger partial charge in [-0.25, -0.2) is 4.98 Å². The molecule has 1 aliphatic carbocycles. The molecule has 0 spiro atoms. The van der Waals surface area contributed by atoms with Crippen molar-refractivity contribution in [1.82, 2.24) is 10.3 Å². The number of nitrogen functional groups attached to an aromatic ring is 1. The van der Waals surface area contributed by atoms with E-state index in [1.165, 1.54) is 19.3 Å². The maximum atomic E-state index is 12.3. The van der Waals surface area contributed by atoms with Gasteiger partial charge >= 0.3 is 0 Å². The van der Waals surface area contributed by atoms with Gasteiger partial charge in [-0.15, -0.1) is 0 Å². The molecule has 0 saturated heterocycles. The van der Waals surface area contributed by atoms with Gasteiger partial charge in [0.1, 0.15) is 5.82 Å². The Kier molecular flexibility index (Phi) is 3.76. The molecule has 0 bridgehead atoms. The van der Waals surface area contributed by atoms with Crippen molar-refractivity contribution < 1.29 is 4.79 Å². The maximum Gasteiger partial charge on any atom is 0.251 e. The second-order valence-electron chi connectivity index (χ2n) is 7.26. The van der Waals surface area contributed by atoms with Crippen molar-refractivity contribution in [1.29, 1.82) is 0 Å². The predicted octanol–water partition coefficient (Wildman–Crippen LogP) is 2.88. The van der Waals surface area contributed by atoms with Gasteiger partial charge in [-0.3, -0.25) is 4.79 Å². The Morgan fingerprint density at radius 3 is 2.55 bits per heavy atom. The van der Waals surface area contributed by atoms with E-state index in [1.54, 1.807) is 6.07 Å². The molecule has 1 amide bonds. The molecule has 1 fully saturated rings. The third-order valence-electron chi connectivity index (χ3n) is 4.11. The molecule has 0 atom stereocenters. The van der Waals surface area contributed by atoms with Crippen LogP contribution in [-0.2, 0) is 5.41 Å². The molecule has 0 aromatic carbocycles. The van der Waals surface area contributed by atoms with Gasteiger partial charge in [0.25, 0.3) is 5.91 Å². The van der Waals surface area contributed by atoms with Crippen molar-refractivity contribution in [2.24, 2.45) is 5.41 Å². The van der Waals surface area contributed by atoms with Crippen LogP contribution in [0.4, 0.5) is 5.82 Å². The van der Waals surface area contributed by atoms with E-state index in [4.69, 9.17) is 5.73 Å². The van der Waals surface area contributed by atoms with Crippen LogP contribution in [0.2, 0.25) is 0 Å². The van der Waals surface area contributed by atoms with Crippen molar-refractivity contribution in [3.63, 3.8) is 0 Å². The number of aromatic nitrogens is 1. The third-order valence-corrected chi connectivity index (χ3v) is 4.11. The smallest absolute Gasteiger partial charge is 0.251 e. The Balaban J connectivity index is 2.11. The SMILES string of the molecule is CC1(CNC(=O)c2cc(N)nc(C(C)(C)C)c2)CCC1. The number of hydrogen-bond acceptors (Lipinski definition) is 3. The Morgan fingerprint density at radius 2 is 2.05 bits per heavy atom. The van der Waals surface area contributed by atoms with Crippen LogP contribution in [0.5, 0.6) is 0 Å². The van der Waals surface area contributed by atoms with Gasteiger partial charge < -0.3 is 11.1 Å². The zero-order valence-electron chi connectivity index (χ0n) is 12.9. The third kappa shape index (κ3) is 3.30. The number of rotatable bonds is 3. The molecule has 1 saturated carbocycles. The van der Waals surface area contributed by atoms with Crippen LogP contribution in [0.1, 0.15) is 63.0 Å². The van der Waals surface area contributed by atoms with Crippen molar-refractivity contribution in [2.45, 2.75) is 52.4 Å². The minimum absolute atomic E-state index is 0.0577. The van der Waals surface area contributed by atoms with Crippen molar-refractivity contribution in [2.75, 3.05) is 12.3 Å². The van der Waals surface area contributed by atoms with Crippen molar-refractivity contribution >= 4 is 11.7 Å². The molecule has 1 aromatic rings. The number of nitrogens with zero attached hydrogens (tertiary/aromatic N) is 1. The fourth-order valence-electron chi connectivity index (χ4n) is 2.42. The summed E-state index contributed by atoms with van der Waals surface area (Å²) in [6, 6.07) is 3.49. The number of amides is 1. The molecular weight excluding hydrogens is 250 g/mol. The van der Waals surface area contributed by atoms with E-state index in [-0.39, 0.29) is 16.7 Å². The molecule has 1 aromatic heterocycles. The van der Waals surface area contributed by atoms with Gasteiger partial charge in [0, 0.05) is 23.2 Å². The lowest BCUT2D eigenvalue weighted by Crippen LogP contribution is -2.40. The van der Waals surface area contributed by atoms with E-state index < -0.39 is 0 Å².